The zero-order chi connectivity index (χ0) is 10.6. The van der Waals surface area contributed by atoms with Crippen molar-refractivity contribution in [3.8, 4) is 0 Å². The summed E-state index contributed by atoms with van der Waals surface area (Å²) in [6, 6.07) is 0. The standard InChI is InChI=1S/C9H17N3OS/c1-3-7(4-2)5-12-8(6-13)10-11-9(12)14/h7,13H,3-6H2,1-2H3,(H,11,14). The van der Waals surface area contributed by atoms with Gasteiger partial charge in [0.1, 0.15) is 6.61 Å². The summed E-state index contributed by atoms with van der Waals surface area (Å²) in [6.45, 7) is 5.11. The average Bonchev–Trinajstić information content (AvgIpc) is 2.56. The lowest BCUT2D eigenvalue weighted by Gasteiger charge is -2.13. The molecule has 0 atom stereocenters. The molecular formula is C9H17N3OS. The van der Waals surface area contributed by atoms with Crippen LogP contribution >= 0.6 is 12.2 Å². The Balaban J connectivity index is 2.83. The van der Waals surface area contributed by atoms with Gasteiger partial charge in [-0.05, 0) is 18.1 Å². The fourth-order valence-electron chi connectivity index (χ4n) is 1.46. The molecule has 1 heterocycles. The van der Waals surface area contributed by atoms with Crippen molar-refractivity contribution >= 4 is 12.2 Å². The fraction of sp³-hybridized carbons (Fsp3) is 0.778. The first-order valence-corrected chi connectivity index (χ1v) is 5.38. The second kappa shape index (κ2) is 5.26. The summed E-state index contributed by atoms with van der Waals surface area (Å²) in [6.07, 6.45) is 2.24. The molecule has 0 saturated carbocycles. The molecule has 0 aliphatic carbocycles. The minimum Gasteiger partial charge on any atom is -0.388 e. The second-order valence-corrected chi connectivity index (χ2v) is 3.78. The molecular weight excluding hydrogens is 198 g/mol. The lowest BCUT2D eigenvalue weighted by Crippen LogP contribution is -2.12. The first-order valence-electron chi connectivity index (χ1n) is 4.97. The van der Waals surface area contributed by atoms with Gasteiger partial charge in [0.25, 0.3) is 0 Å². The number of H-pyrrole nitrogens is 1. The Kier molecular flexibility index (Phi) is 4.28. The maximum Gasteiger partial charge on any atom is 0.195 e. The van der Waals surface area contributed by atoms with Crippen LogP contribution in [0.1, 0.15) is 32.5 Å². The number of hydrogen-bond acceptors (Lipinski definition) is 3. The zero-order valence-electron chi connectivity index (χ0n) is 8.66. The first kappa shape index (κ1) is 11.4. The highest BCUT2D eigenvalue weighted by Crippen LogP contribution is 2.12. The van der Waals surface area contributed by atoms with Gasteiger partial charge in [-0.25, -0.2) is 0 Å². The van der Waals surface area contributed by atoms with Crippen LogP contribution < -0.4 is 0 Å². The number of nitrogens with zero attached hydrogens (tertiary/aromatic N) is 2. The Bertz CT molecular complexity index is 327. The highest BCUT2D eigenvalue weighted by molar-refractivity contribution is 7.71. The van der Waals surface area contributed by atoms with E-state index >= 15 is 0 Å². The Hall–Kier alpha value is -0.680. The number of aliphatic hydroxyl groups is 1. The topological polar surface area (TPSA) is 53.8 Å². The van der Waals surface area contributed by atoms with Crippen molar-refractivity contribution < 1.29 is 5.11 Å². The van der Waals surface area contributed by atoms with Gasteiger partial charge in [0.2, 0.25) is 0 Å². The lowest BCUT2D eigenvalue weighted by atomic mass is 10.0. The van der Waals surface area contributed by atoms with Crippen LogP contribution in [0.15, 0.2) is 0 Å². The van der Waals surface area contributed by atoms with Gasteiger partial charge < -0.3 is 9.67 Å². The molecule has 4 nitrogen and oxygen atoms in total. The monoisotopic (exact) mass is 215 g/mol. The summed E-state index contributed by atoms with van der Waals surface area (Å²) in [5.74, 6) is 1.23. The quantitative estimate of drug-likeness (QED) is 0.737. The molecule has 0 aliphatic heterocycles. The van der Waals surface area contributed by atoms with Crippen molar-refractivity contribution in [2.75, 3.05) is 0 Å². The number of aromatic nitrogens is 3. The Labute approximate surface area is 89.0 Å². The maximum absolute atomic E-state index is 9.04. The van der Waals surface area contributed by atoms with Crippen LogP contribution in [0.25, 0.3) is 0 Å². The number of hydrogen-bond donors (Lipinski definition) is 2. The summed E-state index contributed by atoms with van der Waals surface area (Å²) in [5.41, 5.74) is 0. The molecule has 0 radical (unpaired) electrons. The van der Waals surface area contributed by atoms with E-state index in [2.05, 4.69) is 24.0 Å². The van der Waals surface area contributed by atoms with Gasteiger partial charge in [-0.1, -0.05) is 26.7 Å². The number of nitrogens with one attached hydrogen (secondary N) is 1. The molecule has 0 spiro atoms. The van der Waals surface area contributed by atoms with Crippen molar-refractivity contribution in [1.29, 1.82) is 0 Å². The van der Waals surface area contributed by atoms with Crippen molar-refractivity contribution in [1.82, 2.24) is 14.8 Å². The molecule has 2 N–H and O–H groups in total. The maximum atomic E-state index is 9.04. The van der Waals surface area contributed by atoms with E-state index in [9.17, 15) is 0 Å². The van der Waals surface area contributed by atoms with Crippen LogP contribution in [0.2, 0.25) is 0 Å². The molecule has 0 aromatic carbocycles. The molecule has 0 unspecified atom stereocenters. The van der Waals surface area contributed by atoms with Crippen LogP contribution in [-0.4, -0.2) is 19.9 Å². The van der Waals surface area contributed by atoms with Crippen molar-refractivity contribution in [2.45, 2.75) is 39.8 Å². The van der Waals surface area contributed by atoms with Crippen LogP contribution in [0, 0.1) is 10.7 Å². The van der Waals surface area contributed by atoms with Crippen LogP contribution in [0.5, 0.6) is 0 Å². The van der Waals surface area contributed by atoms with Crippen LogP contribution in [0.4, 0.5) is 0 Å². The third-order valence-electron chi connectivity index (χ3n) is 2.57. The number of aliphatic hydroxyl groups excluding tert-OH is 1. The van der Waals surface area contributed by atoms with Crippen molar-refractivity contribution in [2.24, 2.45) is 5.92 Å². The van der Waals surface area contributed by atoms with E-state index in [4.69, 9.17) is 17.3 Å². The minimum atomic E-state index is -0.0622. The summed E-state index contributed by atoms with van der Waals surface area (Å²) in [7, 11) is 0. The lowest BCUT2D eigenvalue weighted by molar-refractivity contribution is 0.259. The van der Waals surface area contributed by atoms with Crippen molar-refractivity contribution in [3.05, 3.63) is 10.6 Å². The minimum absolute atomic E-state index is 0.0622. The summed E-state index contributed by atoms with van der Waals surface area (Å²) in [5, 5.41) is 15.7. The van der Waals surface area contributed by atoms with Gasteiger partial charge in [-0.15, -0.1) is 0 Å². The van der Waals surface area contributed by atoms with Crippen LogP contribution in [0.3, 0.4) is 0 Å². The van der Waals surface area contributed by atoms with E-state index in [0.717, 1.165) is 19.4 Å². The summed E-state index contributed by atoms with van der Waals surface area (Å²) in [4.78, 5) is 0. The predicted molar refractivity (Wildman–Crippen MR) is 57.4 cm³/mol. The smallest absolute Gasteiger partial charge is 0.195 e. The normalized spacial score (nSPS) is 11.1. The Morgan fingerprint density at radius 3 is 2.64 bits per heavy atom. The van der Waals surface area contributed by atoms with Gasteiger partial charge in [-0.2, -0.15) is 5.10 Å². The SMILES string of the molecule is CCC(CC)Cn1c(CO)n[nH]c1=S. The first-order chi connectivity index (χ1) is 6.72. The van der Waals surface area contributed by atoms with Gasteiger partial charge in [0, 0.05) is 6.54 Å². The van der Waals surface area contributed by atoms with Crippen molar-refractivity contribution in [3.63, 3.8) is 0 Å². The largest absolute Gasteiger partial charge is 0.388 e. The predicted octanol–water partition coefficient (Wildman–Crippen LogP) is 1.87. The third kappa shape index (κ3) is 2.42. The molecule has 14 heavy (non-hydrogen) atoms. The summed E-state index contributed by atoms with van der Waals surface area (Å²) < 4.78 is 2.48. The molecule has 1 aromatic heterocycles. The van der Waals surface area contributed by atoms with E-state index in [0.29, 0.717) is 16.5 Å². The van der Waals surface area contributed by atoms with E-state index < -0.39 is 0 Å². The molecule has 80 valence electrons. The zero-order valence-corrected chi connectivity index (χ0v) is 9.47. The molecule has 0 bridgehead atoms. The Morgan fingerprint density at radius 2 is 2.14 bits per heavy atom. The van der Waals surface area contributed by atoms with Gasteiger partial charge in [0.05, 0.1) is 0 Å². The molecule has 0 aliphatic rings. The van der Waals surface area contributed by atoms with E-state index in [-0.39, 0.29) is 6.61 Å². The fourth-order valence-corrected chi connectivity index (χ4v) is 1.69. The van der Waals surface area contributed by atoms with E-state index in [1.165, 1.54) is 0 Å². The molecule has 0 fully saturated rings. The van der Waals surface area contributed by atoms with E-state index in [1.807, 2.05) is 4.57 Å². The van der Waals surface area contributed by atoms with Gasteiger partial charge in [-0.3, -0.25) is 5.10 Å². The molecule has 0 amide bonds. The molecule has 1 rings (SSSR count). The highest BCUT2D eigenvalue weighted by Gasteiger charge is 2.09. The second-order valence-electron chi connectivity index (χ2n) is 3.40. The molecule has 5 heteroatoms. The molecule has 1 aromatic rings. The van der Waals surface area contributed by atoms with E-state index in [1.54, 1.807) is 0 Å². The molecule has 0 saturated heterocycles. The average molecular weight is 215 g/mol. The third-order valence-corrected chi connectivity index (χ3v) is 2.89. The van der Waals surface area contributed by atoms with Gasteiger partial charge >= 0.3 is 0 Å². The number of aromatic amines is 1. The van der Waals surface area contributed by atoms with Gasteiger partial charge in [0.15, 0.2) is 10.6 Å². The number of rotatable bonds is 5. The van der Waals surface area contributed by atoms with Crippen LogP contribution in [-0.2, 0) is 13.2 Å². The summed E-state index contributed by atoms with van der Waals surface area (Å²) >= 11 is 5.09. The Morgan fingerprint density at radius 1 is 1.50 bits per heavy atom. The highest BCUT2D eigenvalue weighted by atomic mass is 32.1.